The van der Waals surface area contributed by atoms with E-state index < -0.39 is 96.6 Å². The van der Waals surface area contributed by atoms with Crippen LogP contribution in [0.5, 0.6) is 0 Å². The number of nitrogens with zero attached hydrogens (tertiary/aromatic N) is 1. The van der Waals surface area contributed by atoms with Gasteiger partial charge in [0.25, 0.3) is 0 Å². The maximum Gasteiger partial charge on any atom is 0.305 e. The molecule has 332 valence electrons. The predicted octanol–water partition coefficient (Wildman–Crippen LogP) is -2.41. The van der Waals surface area contributed by atoms with Crippen molar-refractivity contribution in [1.82, 2.24) is 47.1 Å². The highest BCUT2D eigenvalue weighted by atomic mass is 33.1. The lowest BCUT2D eigenvalue weighted by molar-refractivity contribution is -0.143. The van der Waals surface area contributed by atoms with Crippen LogP contribution >= 0.6 is 21.6 Å². The summed E-state index contributed by atoms with van der Waals surface area (Å²) in [5.74, 6) is -7.52. The number of fused-ring (bicyclic) bond motifs is 2. The molecule has 0 radical (unpaired) electrons. The number of aliphatic carboxylic acids is 1. The van der Waals surface area contributed by atoms with Crippen molar-refractivity contribution in [3.8, 4) is 0 Å². The molecule has 3 aliphatic rings. The van der Waals surface area contributed by atoms with Crippen molar-refractivity contribution >= 4 is 85.7 Å². The molecule has 1 aromatic heterocycles. The molecule has 0 bridgehead atoms. The van der Waals surface area contributed by atoms with Gasteiger partial charge >= 0.3 is 5.97 Å². The maximum atomic E-state index is 14.0. The molecule has 1 aromatic carbocycles. The van der Waals surface area contributed by atoms with Crippen LogP contribution in [0.15, 0.2) is 30.5 Å². The minimum atomic E-state index is -1.70. The van der Waals surface area contributed by atoms with E-state index in [9.17, 15) is 48.3 Å². The fourth-order valence-corrected chi connectivity index (χ4v) is 9.26. The largest absolute Gasteiger partial charge is 0.481 e. The van der Waals surface area contributed by atoms with Gasteiger partial charge in [-0.05, 0) is 38.9 Å². The number of hydrogen-bond acceptors (Lipinski definition) is 13. The van der Waals surface area contributed by atoms with E-state index in [0.29, 0.717) is 25.9 Å². The highest BCUT2D eigenvalue weighted by Gasteiger charge is 2.43. The quantitative estimate of drug-likeness (QED) is 0.117. The number of para-hydroxylation sites is 1. The van der Waals surface area contributed by atoms with Gasteiger partial charge in [-0.2, -0.15) is 0 Å². The third-order valence-electron chi connectivity index (χ3n) is 10.4. The first kappa shape index (κ1) is 46.7. The van der Waals surface area contributed by atoms with E-state index in [-0.39, 0.29) is 55.9 Å². The second-order valence-electron chi connectivity index (χ2n) is 14.9. The van der Waals surface area contributed by atoms with Gasteiger partial charge in [0, 0.05) is 66.0 Å². The minimum absolute atomic E-state index is 0.000716. The number of hydrogen-bond donors (Lipinski definition) is 10. The normalized spacial score (nSPS) is 26.0. The Balaban J connectivity index is 1.32. The summed E-state index contributed by atoms with van der Waals surface area (Å²) in [4.78, 5) is 122. The SMILES string of the molecule is C[C@@H]1NC(=O)[C@H](CC(=O)O)NC(=O)CNC(=O)C(CNC(=O)C2CCNCC2)NC(=O)CCSSC[C@@H](C(N)=O)NC(=O)[C@@H]2CC(OCc3c[nH]c4ccccc34)CN2C1=O. The molecule has 3 saturated heterocycles. The topological polar surface area (TPSA) is 312 Å². The van der Waals surface area contributed by atoms with Gasteiger partial charge in [0.15, 0.2) is 0 Å². The van der Waals surface area contributed by atoms with Crippen LogP contribution in [0.3, 0.4) is 0 Å². The number of H-pyrrole nitrogens is 1. The molecule has 5 rings (SSSR count). The first-order valence-electron chi connectivity index (χ1n) is 19.9. The first-order chi connectivity index (χ1) is 29.2. The van der Waals surface area contributed by atoms with Gasteiger partial charge in [0.1, 0.15) is 30.2 Å². The molecular formula is C38H52N10O11S2. The van der Waals surface area contributed by atoms with Gasteiger partial charge in [-0.3, -0.25) is 43.2 Å². The van der Waals surface area contributed by atoms with Gasteiger partial charge in [-0.25, -0.2) is 0 Å². The monoisotopic (exact) mass is 888 g/mol. The molecule has 8 amide bonds. The molecule has 6 atom stereocenters. The fourth-order valence-electron chi connectivity index (χ4n) is 7.09. The number of nitrogens with one attached hydrogen (secondary N) is 8. The predicted molar refractivity (Wildman–Crippen MR) is 223 cm³/mol. The van der Waals surface area contributed by atoms with Crippen LogP contribution in [0.1, 0.15) is 44.6 Å². The lowest BCUT2D eigenvalue weighted by atomic mass is 9.97. The number of piperidine rings is 1. The highest BCUT2D eigenvalue weighted by Crippen LogP contribution is 2.27. The minimum Gasteiger partial charge on any atom is -0.481 e. The highest BCUT2D eigenvalue weighted by molar-refractivity contribution is 8.76. The van der Waals surface area contributed by atoms with Crippen LogP contribution in [0, 0.1) is 5.92 Å². The van der Waals surface area contributed by atoms with Gasteiger partial charge in [-0.1, -0.05) is 39.8 Å². The van der Waals surface area contributed by atoms with Crippen molar-refractivity contribution in [2.75, 3.05) is 44.2 Å². The standard InChI is InChI=1S/C38H52N10O11S2/c1-20-38(58)48-17-23(59-18-22-14-41-25-5-3-2-4-24(22)25)12-29(48)37(57)47-28(33(39)53)19-61-60-11-8-30(49)46-27(15-42-34(54)21-6-9-40-10-7-21)35(55)43-16-31(50)45-26(13-32(51)52)36(56)44-20/h2-5,14,20-21,23,26-29,40-41H,6-13,15-19H2,1H3,(H2,39,53)(H,42,54)(H,43,55)(H,44,56)(H,45,50)(H,46,49)(H,47,57)(H,51,52)/t20-,23?,26-,27?,28-,29-/m0/s1. The zero-order valence-corrected chi connectivity index (χ0v) is 35.1. The Morgan fingerprint density at radius 1 is 0.934 bits per heavy atom. The van der Waals surface area contributed by atoms with Crippen molar-refractivity contribution in [2.45, 2.75) is 81.9 Å². The number of primary amides is 1. The Kier molecular flexibility index (Phi) is 17.2. The number of rotatable bonds is 9. The van der Waals surface area contributed by atoms with E-state index in [4.69, 9.17) is 10.5 Å². The van der Waals surface area contributed by atoms with E-state index in [0.717, 1.165) is 27.3 Å². The summed E-state index contributed by atoms with van der Waals surface area (Å²) in [6.45, 7) is 1.65. The average Bonchev–Trinajstić information content (AvgIpc) is 3.86. The van der Waals surface area contributed by atoms with E-state index in [2.05, 4.69) is 42.2 Å². The lowest BCUT2D eigenvalue weighted by Gasteiger charge is -2.28. The number of carboxylic acids is 1. The zero-order valence-electron chi connectivity index (χ0n) is 33.5. The summed E-state index contributed by atoms with van der Waals surface area (Å²) in [6, 6.07) is 0.900. The third-order valence-corrected chi connectivity index (χ3v) is 12.8. The molecule has 4 heterocycles. The van der Waals surface area contributed by atoms with Crippen LogP contribution in [-0.4, -0.2) is 149 Å². The van der Waals surface area contributed by atoms with Gasteiger partial charge in [-0.15, -0.1) is 0 Å². The van der Waals surface area contributed by atoms with Crippen LogP contribution in [0.4, 0.5) is 0 Å². The summed E-state index contributed by atoms with van der Waals surface area (Å²) >= 11 is 0. The summed E-state index contributed by atoms with van der Waals surface area (Å²) in [7, 11) is 2.36. The molecule has 0 aliphatic carbocycles. The molecular weight excluding hydrogens is 837 g/mol. The van der Waals surface area contributed by atoms with Crippen molar-refractivity contribution < 1.29 is 53.0 Å². The number of carbonyl (C=O) groups is 9. The second-order valence-corrected chi connectivity index (χ2v) is 17.5. The summed E-state index contributed by atoms with van der Waals surface area (Å²) in [6.07, 6.45) is 1.35. The molecule has 61 heavy (non-hydrogen) atoms. The Hall–Kier alpha value is -5.39. The van der Waals surface area contributed by atoms with E-state index in [1.165, 1.54) is 22.6 Å². The number of carbonyl (C=O) groups excluding carboxylic acids is 8. The van der Waals surface area contributed by atoms with E-state index in [1.807, 2.05) is 24.3 Å². The van der Waals surface area contributed by atoms with Crippen LogP contribution in [0.2, 0.25) is 0 Å². The van der Waals surface area contributed by atoms with E-state index >= 15 is 0 Å². The van der Waals surface area contributed by atoms with E-state index in [1.54, 1.807) is 6.20 Å². The van der Waals surface area contributed by atoms with Crippen LogP contribution in [0.25, 0.3) is 10.9 Å². The van der Waals surface area contributed by atoms with Crippen molar-refractivity contribution in [2.24, 2.45) is 11.7 Å². The smallest absolute Gasteiger partial charge is 0.305 e. The summed E-state index contributed by atoms with van der Waals surface area (Å²) < 4.78 is 6.19. The number of carboxylic acid groups (broad SMARTS) is 1. The number of aromatic nitrogens is 1. The fraction of sp³-hybridized carbons (Fsp3) is 0.553. The van der Waals surface area contributed by atoms with Gasteiger partial charge < -0.3 is 62.7 Å². The molecule has 2 unspecified atom stereocenters. The number of nitrogens with two attached hydrogens (primary N) is 1. The number of ether oxygens (including phenoxy) is 1. The van der Waals surface area contributed by atoms with Crippen LogP contribution < -0.4 is 43.0 Å². The molecule has 21 nitrogen and oxygen atoms in total. The Morgan fingerprint density at radius 3 is 2.41 bits per heavy atom. The second kappa shape index (κ2) is 22.5. The summed E-state index contributed by atoms with van der Waals surface area (Å²) in [5, 5.41) is 28.6. The first-order valence-corrected chi connectivity index (χ1v) is 22.4. The number of amides is 8. The summed E-state index contributed by atoms with van der Waals surface area (Å²) in [5.41, 5.74) is 7.40. The van der Waals surface area contributed by atoms with Crippen LogP contribution in [-0.2, 0) is 54.5 Å². The maximum absolute atomic E-state index is 14.0. The molecule has 3 fully saturated rings. The number of benzene rings is 1. The lowest BCUT2D eigenvalue weighted by Crippen LogP contribution is -2.58. The van der Waals surface area contributed by atoms with Gasteiger partial charge in [0.05, 0.1) is 25.7 Å². The Morgan fingerprint density at radius 2 is 1.67 bits per heavy atom. The molecule has 2 aromatic rings. The van der Waals surface area contributed by atoms with Crippen molar-refractivity contribution in [3.63, 3.8) is 0 Å². The average molecular weight is 889 g/mol. The molecule has 11 N–H and O–H groups in total. The molecule has 3 aliphatic heterocycles. The molecule has 0 saturated carbocycles. The van der Waals surface area contributed by atoms with Crippen molar-refractivity contribution in [3.05, 3.63) is 36.0 Å². The number of aromatic amines is 1. The Labute approximate surface area is 358 Å². The molecule has 0 spiro atoms. The third kappa shape index (κ3) is 13.6. The zero-order chi connectivity index (χ0) is 44.1. The Bertz CT molecular complexity index is 1960. The molecule has 23 heteroatoms. The van der Waals surface area contributed by atoms with Gasteiger partial charge in [0.2, 0.25) is 47.3 Å². The van der Waals surface area contributed by atoms with Crippen molar-refractivity contribution in [1.29, 1.82) is 0 Å².